The number of rotatable bonds is 5. The molecule has 1 aliphatic carbocycles. The Balaban J connectivity index is 1.91. The maximum absolute atomic E-state index is 12.6. The summed E-state index contributed by atoms with van der Waals surface area (Å²) in [5, 5.41) is 3.16. The Morgan fingerprint density at radius 3 is 2.67 bits per heavy atom. The van der Waals surface area contributed by atoms with Gasteiger partial charge in [0.1, 0.15) is 0 Å². The van der Waals surface area contributed by atoms with Gasteiger partial charge in [-0.05, 0) is 57.5 Å². The molecule has 0 aromatic heterocycles. The van der Waals surface area contributed by atoms with Gasteiger partial charge >= 0.3 is 0 Å². The maximum atomic E-state index is 12.6. The van der Waals surface area contributed by atoms with E-state index < -0.39 is 10.2 Å². The van der Waals surface area contributed by atoms with Crippen molar-refractivity contribution in [3.8, 4) is 0 Å². The standard InChI is InChI=1S/C15H31N3O2S/c1-13-5-3-7-15(9-8-13)17-21(19,20)18-10-4-6-14(12-18)11-16-2/h13-17H,3-12H2,1-2H3. The van der Waals surface area contributed by atoms with Crippen molar-refractivity contribution in [1.29, 1.82) is 0 Å². The van der Waals surface area contributed by atoms with Crippen molar-refractivity contribution in [3.05, 3.63) is 0 Å². The van der Waals surface area contributed by atoms with Crippen LogP contribution in [0.2, 0.25) is 0 Å². The molecule has 6 heteroatoms. The zero-order chi connectivity index (χ0) is 15.3. The molecule has 2 rings (SSSR count). The van der Waals surface area contributed by atoms with Crippen LogP contribution in [0.25, 0.3) is 0 Å². The summed E-state index contributed by atoms with van der Waals surface area (Å²) >= 11 is 0. The van der Waals surface area contributed by atoms with Crippen molar-refractivity contribution in [2.45, 2.75) is 57.9 Å². The van der Waals surface area contributed by atoms with Crippen LogP contribution in [0.1, 0.15) is 51.9 Å². The summed E-state index contributed by atoms with van der Waals surface area (Å²) in [6, 6.07) is 0.129. The summed E-state index contributed by atoms with van der Waals surface area (Å²) in [5.74, 6) is 1.17. The van der Waals surface area contributed by atoms with Gasteiger partial charge in [-0.1, -0.05) is 19.8 Å². The molecule has 0 radical (unpaired) electrons. The summed E-state index contributed by atoms with van der Waals surface area (Å²) in [5.41, 5.74) is 0. The molecule has 0 bridgehead atoms. The van der Waals surface area contributed by atoms with Crippen LogP contribution < -0.4 is 10.0 Å². The second-order valence-corrected chi connectivity index (χ2v) is 8.56. The van der Waals surface area contributed by atoms with Crippen LogP contribution in [0.5, 0.6) is 0 Å². The zero-order valence-electron chi connectivity index (χ0n) is 13.5. The summed E-state index contributed by atoms with van der Waals surface area (Å²) in [7, 11) is -1.38. The molecule has 0 aromatic rings. The van der Waals surface area contributed by atoms with Crippen LogP contribution in [0.3, 0.4) is 0 Å². The largest absolute Gasteiger partial charge is 0.319 e. The minimum absolute atomic E-state index is 0.129. The number of hydrogen-bond acceptors (Lipinski definition) is 3. The first-order valence-electron chi connectivity index (χ1n) is 8.43. The third kappa shape index (κ3) is 5.20. The molecule has 1 saturated carbocycles. The molecule has 1 heterocycles. The maximum Gasteiger partial charge on any atom is 0.279 e. The lowest BCUT2D eigenvalue weighted by atomic mass is 10.00. The predicted molar refractivity (Wildman–Crippen MR) is 86.3 cm³/mol. The number of piperidine rings is 1. The normalized spacial score (nSPS) is 32.8. The van der Waals surface area contributed by atoms with Crippen molar-refractivity contribution in [3.63, 3.8) is 0 Å². The van der Waals surface area contributed by atoms with E-state index in [1.807, 2.05) is 7.05 Å². The molecule has 5 nitrogen and oxygen atoms in total. The lowest BCUT2D eigenvalue weighted by Crippen LogP contribution is -2.50. The van der Waals surface area contributed by atoms with E-state index in [4.69, 9.17) is 0 Å². The number of nitrogens with zero attached hydrogens (tertiary/aromatic N) is 1. The van der Waals surface area contributed by atoms with Crippen LogP contribution in [0.15, 0.2) is 0 Å². The highest BCUT2D eigenvalue weighted by atomic mass is 32.2. The lowest BCUT2D eigenvalue weighted by molar-refractivity contribution is 0.259. The molecule has 21 heavy (non-hydrogen) atoms. The van der Waals surface area contributed by atoms with E-state index >= 15 is 0 Å². The second-order valence-electron chi connectivity index (χ2n) is 6.86. The molecule has 0 spiro atoms. The third-order valence-corrected chi connectivity index (χ3v) is 6.53. The van der Waals surface area contributed by atoms with Gasteiger partial charge in [-0.25, -0.2) is 0 Å². The number of nitrogens with one attached hydrogen (secondary N) is 2. The second kappa shape index (κ2) is 7.90. The van der Waals surface area contributed by atoms with Gasteiger partial charge in [0, 0.05) is 19.1 Å². The van der Waals surface area contributed by atoms with E-state index in [0.29, 0.717) is 19.0 Å². The van der Waals surface area contributed by atoms with Gasteiger partial charge in [0.2, 0.25) is 0 Å². The van der Waals surface area contributed by atoms with Gasteiger partial charge in [0.15, 0.2) is 0 Å². The Labute approximate surface area is 130 Å². The van der Waals surface area contributed by atoms with E-state index in [9.17, 15) is 8.42 Å². The molecule has 2 N–H and O–H groups in total. The van der Waals surface area contributed by atoms with E-state index in [0.717, 1.165) is 51.0 Å². The molecular weight excluding hydrogens is 286 g/mol. The fraction of sp³-hybridized carbons (Fsp3) is 1.00. The summed E-state index contributed by atoms with van der Waals surface area (Å²) in [4.78, 5) is 0. The minimum atomic E-state index is -3.31. The smallest absolute Gasteiger partial charge is 0.279 e. The van der Waals surface area contributed by atoms with Crippen LogP contribution in [-0.2, 0) is 10.2 Å². The van der Waals surface area contributed by atoms with E-state index in [2.05, 4.69) is 17.0 Å². The van der Waals surface area contributed by atoms with Crippen molar-refractivity contribution in [2.75, 3.05) is 26.7 Å². The van der Waals surface area contributed by atoms with Crippen molar-refractivity contribution >= 4 is 10.2 Å². The van der Waals surface area contributed by atoms with Crippen LogP contribution in [0.4, 0.5) is 0 Å². The Morgan fingerprint density at radius 1 is 1.10 bits per heavy atom. The van der Waals surface area contributed by atoms with Crippen LogP contribution in [0, 0.1) is 11.8 Å². The lowest BCUT2D eigenvalue weighted by Gasteiger charge is -2.33. The predicted octanol–water partition coefficient (Wildman–Crippen LogP) is 1.72. The highest BCUT2D eigenvalue weighted by Crippen LogP contribution is 2.24. The average molecular weight is 317 g/mol. The number of hydrogen-bond donors (Lipinski definition) is 2. The quantitative estimate of drug-likeness (QED) is 0.759. The summed E-state index contributed by atoms with van der Waals surface area (Å²) < 4.78 is 29.8. The summed E-state index contributed by atoms with van der Waals surface area (Å²) in [6.07, 6.45) is 7.55. The molecular formula is C15H31N3O2S. The van der Waals surface area contributed by atoms with E-state index in [1.165, 1.54) is 6.42 Å². The van der Waals surface area contributed by atoms with Gasteiger partial charge in [0.05, 0.1) is 0 Å². The highest BCUT2D eigenvalue weighted by molar-refractivity contribution is 7.87. The van der Waals surface area contributed by atoms with Gasteiger partial charge in [0.25, 0.3) is 10.2 Å². The Bertz CT molecular complexity index is 411. The van der Waals surface area contributed by atoms with Crippen molar-refractivity contribution in [2.24, 2.45) is 11.8 Å². The first kappa shape index (κ1) is 17.2. The monoisotopic (exact) mass is 317 g/mol. The van der Waals surface area contributed by atoms with Gasteiger partial charge in [-0.3, -0.25) is 0 Å². The first-order chi connectivity index (χ1) is 10.0. The minimum Gasteiger partial charge on any atom is -0.319 e. The molecule has 0 aromatic carbocycles. The van der Waals surface area contributed by atoms with Crippen molar-refractivity contribution in [1.82, 2.24) is 14.3 Å². The Morgan fingerprint density at radius 2 is 1.90 bits per heavy atom. The molecule has 3 atom stereocenters. The molecule has 2 aliphatic rings. The SMILES string of the molecule is CNCC1CCCN(S(=O)(=O)NC2CCCC(C)CC2)C1. The highest BCUT2D eigenvalue weighted by Gasteiger charge is 2.30. The molecule has 124 valence electrons. The topological polar surface area (TPSA) is 61.4 Å². The summed E-state index contributed by atoms with van der Waals surface area (Å²) in [6.45, 7) is 4.48. The fourth-order valence-electron chi connectivity index (χ4n) is 3.59. The molecule has 0 amide bonds. The van der Waals surface area contributed by atoms with Crippen LogP contribution >= 0.6 is 0 Å². The van der Waals surface area contributed by atoms with Crippen molar-refractivity contribution < 1.29 is 8.42 Å². The third-order valence-electron chi connectivity index (χ3n) is 4.89. The van der Waals surface area contributed by atoms with Gasteiger partial charge < -0.3 is 5.32 Å². The molecule has 1 saturated heterocycles. The molecule has 2 fully saturated rings. The van der Waals surface area contributed by atoms with E-state index in [-0.39, 0.29) is 6.04 Å². The average Bonchev–Trinajstić information content (AvgIpc) is 2.64. The Kier molecular flexibility index (Phi) is 6.47. The molecule has 1 aliphatic heterocycles. The van der Waals surface area contributed by atoms with Gasteiger partial charge in [-0.15, -0.1) is 0 Å². The Hall–Kier alpha value is -0.170. The van der Waals surface area contributed by atoms with Gasteiger partial charge in [-0.2, -0.15) is 17.4 Å². The fourth-order valence-corrected chi connectivity index (χ4v) is 5.17. The molecule has 3 unspecified atom stereocenters. The zero-order valence-corrected chi connectivity index (χ0v) is 14.3. The first-order valence-corrected chi connectivity index (χ1v) is 9.87. The van der Waals surface area contributed by atoms with E-state index in [1.54, 1.807) is 4.31 Å². The van der Waals surface area contributed by atoms with Crippen LogP contribution in [-0.4, -0.2) is 45.4 Å².